The van der Waals surface area contributed by atoms with Crippen LogP contribution in [0.15, 0.2) is 23.4 Å². The Morgan fingerprint density at radius 3 is 3.00 bits per heavy atom. The molecular formula is C10H8N4O2. The quantitative estimate of drug-likeness (QED) is 0.357. The van der Waals surface area contributed by atoms with E-state index in [0.717, 1.165) is 0 Å². The van der Waals surface area contributed by atoms with Crippen molar-refractivity contribution in [2.75, 3.05) is 6.54 Å². The van der Waals surface area contributed by atoms with Crippen LogP contribution in [0.25, 0.3) is 10.4 Å². The van der Waals surface area contributed by atoms with Crippen molar-refractivity contribution in [3.05, 3.63) is 40.0 Å². The van der Waals surface area contributed by atoms with Crippen LogP contribution < -0.4 is 0 Å². The van der Waals surface area contributed by atoms with E-state index in [1.807, 2.05) is 0 Å². The van der Waals surface area contributed by atoms with E-state index in [4.69, 9.17) is 10.6 Å². The van der Waals surface area contributed by atoms with Crippen LogP contribution in [0.4, 0.5) is 0 Å². The SMILES string of the molecule is [N-]=[N+]=NCC#Cc1ccc(CC(=O)O)nc1. The van der Waals surface area contributed by atoms with E-state index >= 15 is 0 Å². The maximum Gasteiger partial charge on any atom is 0.309 e. The fourth-order valence-electron chi connectivity index (χ4n) is 0.967. The lowest BCUT2D eigenvalue weighted by molar-refractivity contribution is -0.136. The summed E-state index contributed by atoms with van der Waals surface area (Å²) < 4.78 is 0. The van der Waals surface area contributed by atoms with Crippen molar-refractivity contribution < 1.29 is 9.90 Å². The average Bonchev–Trinajstić information content (AvgIpc) is 2.26. The highest BCUT2D eigenvalue weighted by Crippen LogP contribution is 1.99. The topological polar surface area (TPSA) is 99.0 Å². The van der Waals surface area contributed by atoms with Crippen LogP contribution >= 0.6 is 0 Å². The normalized spacial score (nSPS) is 8.50. The molecule has 0 spiro atoms. The Bertz CT molecular complexity index is 478. The first-order valence-electron chi connectivity index (χ1n) is 4.39. The van der Waals surface area contributed by atoms with Gasteiger partial charge in [0.05, 0.1) is 18.7 Å². The zero-order valence-electron chi connectivity index (χ0n) is 8.29. The third-order valence-corrected chi connectivity index (χ3v) is 1.60. The molecule has 0 bridgehead atoms. The van der Waals surface area contributed by atoms with Crippen molar-refractivity contribution in [1.29, 1.82) is 0 Å². The highest BCUT2D eigenvalue weighted by atomic mass is 16.4. The maximum atomic E-state index is 10.4. The number of carboxylic acid groups (broad SMARTS) is 1. The molecule has 1 heterocycles. The van der Waals surface area contributed by atoms with Gasteiger partial charge in [-0.25, -0.2) is 0 Å². The molecule has 0 atom stereocenters. The molecule has 1 N–H and O–H groups in total. The monoisotopic (exact) mass is 216 g/mol. The number of carboxylic acids is 1. The molecule has 1 aromatic heterocycles. The molecule has 0 fully saturated rings. The zero-order chi connectivity index (χ0) is 11.8. The van der Waals surface area contributed by atoms with E-state index in [1.54, 1.807) is 12.1 Å². The predicted octanol–water partition coefficient (Wildman–Crippen LogP) is 1.37. The fourth-order valence-corrected chi connectivity index (χ4v) is 0.967. The van der Waals surface area contributed by atoms with Crippen LogP contribution in [-0.4, -0.2) is 22.6 Å². The number of nitrogens with zero attached hydrogens (tertiary/aromatic N) is 4. The number of hydrogen-bond acceptors (Lipinski definition) is 3. The van der Waals surface area contributed by atoms with Crippen LogP contribution in [-0.2, 0) is 11.2 Å². The Morgan fingerprint density at radius 2 is 2.44 bits per heavy atom. The Morgan fingerprint density at radius 1 is 1.62 bits per heavy atom. The number of hydrogen-bond donors (Lipinski definition) is 1. The largest absolute Gasteiger partial charge is 0.481 e. The zero-order valence-corrected chi connectivity index (χ0v) is 8.29. The van der Waals surface area contributed by atoms with E-state index in [2.05, 4.69) is 26.9 Å². The lowest BCUT2D eigenvalue weighted by Gasteiger charge is -1.95. The summed E-state index contributed by atoms with van der Waals surface area (Å²) in [7, 11) is 0. The molecule has 0 aliphatic carbocycles. The van der Waals surface area contributed by atoms with Crippen molar-refractivity contribution >= 4 is 5.97 Å². The van der Waals surface area contributed by atoms with Gasteiger partial charge in [0.2, 0.25) is 0 Å². The van der Waals surface area contributed by atoms with Crippen LogP contribution in [0.3, 0.4) is 0 Å². The van der Waals surface area contributed by atoms with Gasteiger partial charge >= 0.3 is 5.97 Å². The third kappa shape index (κ3) is 4.13. The molecule has 0 amide bonds. The highest BCUT2D eigenvalue weighted by molar-refractivity contribution is 5.69. The van der Waals surface area contributed by atoms with E-state index < -0.39 is 5.97 Å². The Balaban J connectivity index is 2.66. The van der Waals surface area contributed by atoms with E-state index in [0.29, 0.717) is 11.3 Å². The molecule has 1 aromatic rings. The summed E-state index contributed by atoms with van der Waals surface area (Å²) in [4.78, 5) is 16.9. The molecule has 0 radical (unpaired) electrons. The second-order valence-corrected chi connectivity index (χ2v) is 2.80. The second-order valence-electron chi connectivity index (χ2n) is 2.80. The van der Waals surface area contributed by atoms with Crippen molar-refractivity contribution in [2.24, 2.45) is 5.11 Å². The summed E-state index contributed by atoms with van der Waals surface area (Å²) in [6.07, 6.45) is 1.38. The van der Waals surface area contributed by atoms with Gasteiger partial charge in [-0.2, -0.15) is 0 Å². The minimum absolute atomic E-state index is 0.105. The summed E-state index contributed by atoms with van der Waals surface area (Å²) >= 11 is 0. The van der Waals surface area contributed by atoms with Gasteiger partial charge in [-0.05, 0) is 17.7 Å². The second kappa shape index (κ2) is 6.06. The highest BCUT2D eigenvalue weighted by Gasteiger charge is 2.00. The minimum atomic E-state index is -0.922. The van der Waals surface area contributed by atoms with Gasteiger partial charge in [0.25, 0.3) is 0 Å². The number of aromatic nitrogens is 1. The van der Waals surface area contributed by atoms with Gasteiger partial charge in [0.15, 0.2) is 0 Å². The molecule has 0 aromatic carbocycles. The van der Waals surface area contributed by atoms with Gasteiger partial charge in [-0.1, -0.05) is 17.0 Å². The van der Waals surface area contributed by atoms with Gasteiger partial charge in [-0.15, -0.1) is 0 Å². The fraction of sp³-hybridized carbons (Fsp3) is 0.200. The summed E-state index contributed by atoms with van der Waals surface area (Å²) in [6, 6.07) is 3.28. The molecule has 0 saturated heterocycles. The van der Waals surface area contributed by atoms with E-state index in [-0.39, 0.29) is 13.0 Å². The van der Waals surface area contributed by atoms with Crippen LogP contribution in [0.5, 0.6) is 0 Å². The van der Waals surface area contributed by atoms with Crippen molar-refractivity contribution in [3.8, 4) is 11.8 Å². The standard InChI is InChI=1S/C10H8N4O2/c11-14-13-5-1-2-8-3-4-9(12-7-8)6-10(15)16/h3-4,7H,5-6H2,(H,15,16). The van der Waals surface area contributed by atoms with Crippen molar-refractivity contribution in [3.63, 3.8) is 0 Å². The van der Waals surface area contributed by atoms with Crippen molar-refractivity contribution in [1.82, 2.24) is 4.98 Å². The van der Waals surface area contributed by atoms with Gasteiger partial charge in [0.1, 0.15) is 0 Å². The number of pyridine rings is 1. The molecule has 6 nitrogen and oxygen atoms in total. The number of carbonyl (C=O) groups is 1. The van der Waals surface area contributed by atoms with Crippen LogP contribution in [0, 0.1) is 11.8 Å². The first-order chi connectivity index (χ1) is 7.72. The number of azide groups is 1. The lowest BCUT2D eigenvalue weighted by atomic mass is 10.2. The first-order valence-corrected chi connectivity index (χ1v) is 4.39. The maximum absolute atomic E-state index is 10.4. The summed E-state index contributed by atoms with van der Waals surface area (Å²) in [6.45, 7) is 0.105. The van der Waals surface area contributed by atoms with Crippen LogP contribution in [0.1, 0.15) is 11.3 Å². The van der Waals surface area contributed by atoms with E-state index in [1.165, 1.54) is 6.20 Å². The van der Waals surface area contributed by atoms with Gasteiger partial charge in [0, 0.05) is 16.7 Å². The molecular weight excluding hydrogens is 208 g/mol. The molecule has 1 rings (SSSR count). The van der Waals surface area contributed by atoms with Crippen molar-refractivity contribution in [2.45, 2.75) is 6.42 Å². The van der Waals surface area contributed by atoms with Gasteiger partial charge in [-0.3, -0.25) is 9.78 Å². The lowest BCUT2D eigenvalue weighted by Crippen LogP contribution is -2.01. The van der Waals surface area contributed by atoms with Gasteiger partial charge < -0.3 is 5.11 Å². The molecule has 0 saturated carbocycles. The minimum Gasteiger partial charge on any atom is -0.481 e. The molecule has 0 unspecified atom stereocenters. The first kappa shape index (κ1) is 11.6. The number of rotatable bonds is 3. The third-order valence-electron chi connectivity index (χ3n) is 1.60. The van der Waals surface area contributed by atoms with E-state index in [9.17, 15) is 4.79 Å². The Hall–Kier alpha value is -2.51. The number of aliphatic carboxylic acids is 1. The smallest absolute Gasteiger partial charge is 0.309 e. The Kier molecular flexibility index (Phi) is 4.38. The molecule has 0 aliphatic heterocycles. The molecule has 16 heavy (non-hydrogen) atoms. The molecule has 0 aliphatic rings. The summed E-state index contributed by atoms with van der Waals surface area (Å²) in [5, 5.41) is 11.8. The average molecular weight is 216 g/mol. The Labute approximate surface area is 91.6 Å². The summed E-state index contributed by atoms with van der Waals surface area (Å²) in [5.74, 6) is 4.45. The summed E-state index contributed by atoms with van der Waals surface area (Å²) in [5.41, 5.74) is 9.14. The molecule has 80 valence electrons. The molecule has 6 heteroatoms. The van der Waals surface area contributed by atoms with Crippen LogP contribution in [0.2, 0.25) is 0 Å². The predicted molar refractivity (Wildman–Crippen MR) is 56.5 cm³/mol.